The number of hydrogen-bond donors (Lipinski definition) is 2. The SMILES string of the molecule is COc1ccc(C=C(C(=O)N2CCc3ccc(C(=O)NO)cc3C2)c2ccc(OC)c(OC)c2)cc1OC. The normalized spacial score (nSPS) is 12.9. The molecule has 38 heavy (non-hydrogen) atoms. The molecule has 0 aliphatic carbocycles. The highest BCUT2D eigenvalue weighted by atomic mass is 16.5. The van der Waals surface area contributed by atoms with Crippen LogP contribution in [0.1, 0.15) is 32.6 Å². The number of rotatable bonds is 8. The van der Waals surface area contributed by atoms with E-state index in [1.54, 1.807) is 81.3 Å². The van der Waals surface area contributed by atoms with Gasteiger partial charge in [0.2, 0.25) is 0 Å². The lowest BCUT2D eigenvalue weighted by molar-refractivity contribution is -0.125. The molecule has 0 saturated carbocycles. The Morgan fingerprint density at radius 3 is 2.08 bits per heavy atom. The standard InChI is InChI=1S/C29H30N2O7/c1-35-24-9-5-18(14-26(24)37-3)13-23(20-8-10-25(36-2)27(16-20)38-4)29(33)31-12-11-19-6-7-21(28(32)30-34)15-22(19)17-31/h5-10,13-16,34H,11-12,17H2,1-4H3,(H,30,32). The van der Waals surface area contributed by atoms with Crippen LogP contribution in [-0.4, -0.2) is 56.9 Å². The van der Waals surface area contributed by atoms with Crippen molar-refractivity contribution >= 4 is 23.5 Å². The van der Waals surface area contributed by atoms with Gasteiger partial charge < -0.3 is 23.8 Å². The summed E-state index contributed by atoms with van der Waals surface area (Å²) in [6.07, 6.45) is 2.44. The molecule has 198 valence electrons. The maximum Gasteiger partial charge on any atom is 0.274 e. The number of fused-ring (bicyclic) bond motifs is 1. The molecule has 0 spiro atoms. The van der Waals surface area contributed by atoms with E-state index in [9.17, 15) is 9.59 Å². The fourth-order valence-electron chi connectivity index (χ4n) is 4.49. The van der Waals surface area contributed by atoms with Crippen molar-refractivity contribution in [1.82, 2.24) is 10.4 Å². The number of methoxy groups -OCH3 is 4. The number of hydroxylamine groups is 1. The largest absolute Gasteiger partial charge is 0.493 e. The third kappa shape index (κ3) is 5.42. The maximum atomic E-state index is 14.0. The van der Waals surface area contributed by atoms with Crippen molar-refractivity contribution in [2.75, 3.05) is 35.0 Å². The number of nitrogens with zero attached hydrogens (tertiary/aromatic N) is 1. The van der Waals surface area contributed by atoms with Crippen LogP contribution in [-0.2, 0) is 17.8 Å². The van der Waals surface area contributed by atoms with Crippen molar-refractivity contribution < 1.29 is 33.7 Å². The van der Waals surface area contributed by atoms with Crippen LogP contribution >= 0.6 is 0 Å². The van der Waals surface area contributed by atoms with E-state index in [0.717, 1.165) is 16.7 Å². The van der Waals surface area contributed by atoms with Gasteiger partial charge >= 0.3 is 0 Å². The minimum Gasteiger partial charge on any atom is -0.493 e. The summed E-state index contributed by atoms with van der Waals surface area (Å²) in [4.78, 5) is 27.7. The number of amides is 2. The van der Waals surface area contributed by atoms with Gasteiger partial charge in [-0.25, -0.2) is 5.48 Å². The fraction of sp³-hybridized carbons (Fsp3) is 0.241. The Balaban J connectivity index is 1.76. The number of carbonyl (C=O) groups is 2. The average Bonchev–Trinajstić information content (AvgIpc) is 2.97. The van der Waals surface area contributed by atoms with E-state index in [0.29, 0.717) is 59.2 Å². The number of ether oxygens (including phenoxy) is 4. The number of nitrogens with one attached hydrogen (secondary N) is 1. The predicted octanol–water partition coefficient (Wildman–Crippen LogP) is 3.97. The molecule has 0 unspecified atom stereocenters. The van der Waals surface area contributed by atoms with Gasteiger partial charge in [-0.15, -0.1) is 0 Å². The number of carbonyl (C=O) groups excluding carboxylic acids is 2. The van der Waals surface area contributed by atoms with Crippen LogP contribution in [0, 0.1) is 0 Å². The zero-order valence-electron chi connectivity index (χ0n) is 21.7. The molecule has 0 radical (unpaired) electrons. The predicted molar refractivity (Wildman–Crippen MR) is 142 cm³/mol. The quantitative estimate of drug-likeness (QED) is 0.201. The lowest BCUT2D eigenvalue weighted by Crippen LogP contribution is -2.36. The van der Waals surface area contributed by atoms with Crippen molar-refractivity contribution in [3.05, 3.63) is 82.4 Å². The van der Waals surface area contributed by atoms with Crippen LogP contribution in [0.4, 0.5) is 0 Å². The third-order valence-electron chi connectivity index (χ3n) is 6.51. The Morgan fingerprint density at radius 2 is 1.42 bits per heavy atom. The van der Waals surface area contributed by atoms with Crippen LogP contribution in [0.25, 0.3) is 11.6 Å². The molecule has 1 heterocycles. The molecule has 1 aliphatic rings. The van der Waals surface area contributed by atoms with E-state index in [1.165, 1.54) is 0 Å². The Hall–Kier alpha value is -4.50. The molecule has 9 heteroatoms. The molecule has 0 saturated heterocycles. The topological polar surface area (TPSA) is 107 Å². The molecule has 9 nitrogen and oxygen atoms in total. The van der Waals surface area contributed by atoms with E-state index >= 15 is 0 Å². The Kier molecular flexibility index (Phi) is 8.18. The molecule has 2 N–H and O–H groups in total. The highest BCUT2D eigenvalue weighted by Crippen LogP contribution is 2.34. The summed E-state index contributed by atoms with van der Waals surface area (Å²) in [7, 11) is 6.22. The summed E-state index contributed by atoms with van der Waals surface area (Å²) < 4.78 is 21.7. The van der Waals surface area contributed by atoms with Gasteiger partial charge in [0, 0.05) is 24.2 Å². The van der Waals surface area contributed by atoms with Gasteiger partial charge in [0.25, 0.3) is 11.8 Å². The summed E-state index contributed by atoms with van der Waals surface area (Å²) in [6.45, 7) is 0.825. The van der Waals surface area contributed by atoms with E-state index in [-0.39, 0.29) is 5.91 Å². The summed E-state index contributed by atoms with van der Waals surface area (Å²) in [5.41, 5.74) is 5.74. The zero-order valence-corrected chi connectivity index (χ0v) is 21.7. The van der Waals surface area contributed by atoms with Gasteiger partial charge in [-0.2, -0.15) is 0 Å². The average molecular weight is 519 g/mol. The Morgan fingerprint density at radius 1 is 0.789 bits per heavy atom. The molecule has 0 atom stereocenters. The van der Waals surface area contributed by atoms with Gasteiger partial charge in [0.15, 0.2) is 23.0 Å². The van der Waals surface area contributed by atoms with Crippen LogP contribution in [0.2, 0.25) is 0 Å². The molecule has 2 amide bonds. The lowest BCUT2D eigenvalue weighted by Gasteiger charge is -2.30. The van der Waals surface area contributed by atoms with E-state index in [4.69, 9.17) is 24.2 Å². The molecule has 0 fully saturated rings. The van der Waals surface area contributed by atoms with Gasteiger partial charge in [0.1, 0.15) is 0 Å². The Labute approximate surface area is 221 Å². The third-order valence-corrected chi connectivity index (χ3v) is 6.51. The highest BCUT2D eigenvalue weighted by Gasteiger charge is 2.26. The highest BCUT2D eigenvalue weighted by molar-refractivity contribution is 6.24. The molecular formula is C29H30N2O7. The molecule has 4 rings (SSSR count). The molecule has 3 aromatic rings. The monoisotopic (exact) mass is 518 g/mol. The lowest BCUT2D eigenvalue weighted by atomic mass is 9.95. The van der Waals surface area contributed by atoms with Crippen molar-refractivity contribution in [2.24, 2.45) is 0 Å². The first-order valence-electron chi connectivity index (χ1n) is 11.9. The number of benzene rings is 3. The van der Waals surface area contributed by atoms with Crippen molar-refractivity contribution in [2.45, 2.75) is 13.0 Å². The molecule has 0 bridgehead atoms. The molecule has 3 aromatic carbocycles. The van der Waals surface area contributed by atoms with Crippen LogP contribution in [0.15, 0.2) is 54.6 Å². The van der Waals surface area contributed by atoms with Crippen LogP contribution in [0.3, 0.4) is 0 Å². The van der Waals surface area contributed by atoms with E-state index < -0.39 is 5.91 Å². The van der Waals surface area contributed by atoms with Crippen LogP contribution < -0.4 is 24.4 Å². The van der Waals surface area contributed by atoms with Crippen LogP contribution in [0.5, 0.6) is 23.0 Å². The number of hydrogen-bond acceptors (Lipinski definition) is 7. The first-order valence-corrected chi connectivity index (χ1v) is 11.9. The first-order chi connectivity index (χ1) is 18.4. The fourth-order valence-corrected chi connectivity index (χ4v) is 4.49. The minimum atomic E-state index is -0.601. The van der Waals surface area contributed by atoms with Crippen molar-refractivity contribution in [1.29, 1.82) is 0 Å². The van der Waals surface area contributed by atoms with Gasteiger partial charge in [0.05, 0.1) is 28.4 Å². The summed E-state index contributed by atoms with van der Waals surface area (Å²) >= 11 is 0. The zero-order chi connectivity index (χ0) is 27.2. The first kappa shape index (κ1) is 26.6. The Bertz CT molecular complexity index is 1380. The molecule has 1 aliphatic heterocycles. The second-order valence-electron chi connectivity index (χ2n) is 8.64. The summed E-state index contributed by atoms with van der Waals surface area (Å²) in [5.74, 6) is 1.39. The van der Waals surface area contributed by atoms with Crippen molar-refractivity contribution in [3.8, 4) is 23.0 Å². The maximum absolute atomic E-state index is 14.0. The second kappa shape index (κ2) is 11.7. The van der Waals surface area contributed by atoms with Gasteiger partial charge in [-0.1, -0.05) is 18.2 Å². The molecule has 0 aromatic heterocycles. The smallest absolute Gasteiger partial charge is 0.274 e. The van der Waals surface area contributed by atoms with Gasteiger partial charge in [-0.05, 0) is 71.1 Å². The molecular weight excluding hydrogens is 488 g/mol. The van der Waals surface area contributed by atoms with E-state index in [1.807, 2.05) is 18.2 Å². The second-order valence-corrected chi connectivity index (χ2v) is 8.64. The van der Waals surface area contributed by atoms with Crippen molar-refractivity contribution in [3.63, 3.8) is 0 Å². The van der Waals surface area contributed by atoms with E-state index in [2.05, 4.69) is 0 Å². The summed E-state index contributed by atoms with van der Waals surface area (Å²) in [5, 5.41) is 9.01. The van der Waals surface area contributed by atoms with Gasteiger partial charge in [-0.3, -0.25) is 14.8 Å². The summed E-state index contributed by atoms with van der Waals surface area (Å²) in [6, 6.07) is 16.0. The minimum absolute atomic E-state index is 0.185.